The molecule has 0 bridgehead atoms. The summed E-state index contributed by atoms with van der Waals surface area (Å²) >= 11 is 12.0. The fourth-order valence-corrected chi connectivity index (χ4v) is 2.75. The molecule has 0 amide bonds. The van der Waals surface area contributed by atoms with Crippen LogP contribution in [-0.4, -0.2) is 41.5 Å². The third kappa shape index (κ3) is 3.65. The van der Waals surface area contributed by atoms with Crippen LogP contribution in [0.5, 0.6) is 0 Å². The molecule has 0 radical (unpaired) electrons. The van der Waals surface area contributed by atoms with Gasteiger partial charge in [-0.25, -0.2) is 0 Å². The first-order chi connectivity index (χ1) is 9.42. The van der Waals surface area contributed by atoms with Crippen LogP contribution in [0.2, 0.25) is 10.0 Å². The number of halogens is 2. The van der Waals surface area contributed by atoms with Gasteiger partial charge in [0.15, 0.2) is 0 Å². The third-order valence-electron chi connectivity index (χ3n) is 3.83. The van der Waals surface area contributed by atoms with Crippen molar-refractivity contribution in [1.82, 2.24) is 9.80 Å². The van der Waals surface area contributed by atoms with Crippen LogP contribution >= 0.6 is 23.2 Å². The van der Waals surface area contributed by atoms with E-state index < -0.39 is 0 Å². The van der Waals surface area contributed by atoms with Crippen molar-refractivity contribution >= 4 is 23.2 Å². The van der Waals surface area contributed by atoms with Crippen LogP contribution in [-0.2, 0) is 6.54 Å². The highest BCUT2D eigenvalue weighted by molar-refractivity contribution is 6.42. The zero-order chi connectivity index (χ0) is 14.8. The molecule has 2 rings (SSSR count). The van der Waals surface area contributed by atoms with Crippen LogP contribution < -0.4 is 0 Å². The number of benzene rings is 1. The fraction of sp³-hybridized carbons (Fsp3) is 0.533. The maximum Gasteiger partial charge on any atom is 0.103 e. The van der Waals surface area contributed by atoms with Gasteiger partial charge in [0, 0.05) is 32.7 Å². The fourth-order valence-electron chi connectivity index (χ4n) is 2.43. The minimum absolute atomic E-state index is 0.379. The lowest BCUT2D eigenvalue weighted by Crippen LogP contribution is -2.53. The van der Waals surface area contributed by atoms with Crippen LogP contribution in [0.25, 0.3) is 0 Å². The van der Waals surface area contributed by atoms with Gasteiger partial charge in [0.25, 0.3) is 0 Å². The van der Waals surface area contributed by atoms with Gasteiger partial charge in [0.05, 0.1) is 16.1 Å². The van der Waals surface area contributed by atoms with Crippen LogP contribution in [0.4, 0.5) is 0 Å². The molecular weight excluding hydrogens is 293 g/mol. The van der Waals surface area contributed by atoms with E-state index in [0.29, 0.717) is 10.0 Å². The Morgan fingerprint density at radius 3 is 2.35 bits per heavy atom. The lowest BCUT2D eigenvalue weighted by molar-refractivity contribution is 0.0764. The largest absolute Gasteiger partial charge is 0.297 e. The number of nitrogens with zero attached hydrogens (tertiary/aromatic N) is 3. The molecule has 0 saturated carbocycles. The molecule has 3 nitrogen and oxygen atoms in total. The highest BCUT2D eigenvalue weighted by Crippen LogP contribution is 2.24. The van der Waals surface area contributed by atoms with E-state index in [1.165, 1.54) is 5.56 Å². The molecule has 0 spiro atoms. The van der Waals surface area contributed by atoms with E-state index in [9.17, 15) is 5.26 Å². The second-order valence-electron chi connectivity index (χ2n) is 5.68. The van der Waals surface area contributed by atoms with Crippen LogP contribution in [0.1, 0.15) is 19.4 Å². The zero-order valence-electron chi connectivity index (χ0n) is 11.9. The summed E-state index contributed by atoms with van der Waals surface area (Å²) in [5.74, 6) is 0. The molecule has 20 heavy (non-hydrogen) atoms. The van der Waals surface area contributed by atoms with Crippen molar-refractivity contribution in [3.05, 3.63) is 33.8 Å². The van der Waals surface area contributed by atoms with E-state index in [0.717, 1.165) is 32.7 Å². The molecule has 0 unspecified atom stereocenters. The van der Waals surface area contributed by atoms with E-state index in [4.69, 9.17) is 23.2 Å². The highest BCUT2D eigenvalue weighted by Gasteiger charge is 2.29. The van der Waals surface area contributed by atoms with Gasteiger partial charge in [0.2, 0.25) is 0 Å². The molecule has 0 atom stereocenters. The smallest absolute Gasteiger partial charge is 0.103 e. The molecule has 0 aliphatic carbocycles. The zero-order valence-corrected chi connectivity index (χ0v) is 13.4. The lowest BCUT2D eigenvalue weighted by atomic mass is 10.0. The monoisotopic (exact) mass is 311 g/mol. The number of hydrogen-bond acceptors (Lipinski definition) is 3. The summed E-state index contributed by atoms with van der Waals surface area (Å²) in [5.41, 5.74) is 0.794. The average Bonchev–Trinajstić information content (AvgIpc) is 2.43. The molecule has 1 saturated heterocycles. The minimum atomic E-state index is -0.379. The Morgan fingerprint density at radius 1 is 1.15 bits per heavy atom. The first-order valence-electron chi connectivity index (χ1n) is 6.75. The van der Waals surface area contributed by atoms with Crippen LogP contribution in [0, 0.1) is 11.3 Å². The summed E-state index contributed by atoms with van der Waals surface area (Å²) in [6.45, 7) is 8.58. The first kappa shape index (κ1) is 15.6. The van der Waals surface area contributed by atoms with E-state index in [1.54, 1.807) is 0 Å². The number of hydrogen-bond donors (Lipinski definition) is 0. The van der Waals surface area contributed by atoms with Crippen LogP contribution in [0.15, 0.2) is 18.2 Å². The molecule has 1 aromatic rings. The topological polar surface area (TPSA) is 30.3 Å². The standard InChI is InChI=1S/C15H19Cl2N3/c1-15(2,11-18)20-7-5-19(6-8-20)10-12-3-4-13(16)14(17)9-12/h3-4,9H,5-8,10H2,1-2H3. The summed E-state index contributed by atoms with van der Waals surface area (Å²) in [6.07, 6.45) is 0. The lowest BCUT2D eigenvalue weighted by Gasteiger charge is -2.40. The predicted molar refractivity (Wildman–Crippen MR) is 83.0 cm³/mol. The summed E-state index contributed by atoms with van der Waals surface area (Å²) < 4.78 is 0. The van der Waals surface area contributed by atoms with Crippen molar-refractivity contribution in [2.75, 3.05) is 26.2 Å². The Bertz CT molecular complexity index is 514. The SMILES string of the molecule is CC(C)(C#N)N1CCN(Cc2ccc(Cl)c(Cl)c2)CC1. The quantitative estimate of drug-likeness (QED) is 0.857. The van der Waals surface area contributed by atoms with Gasteiger partial charge in [0.1, 0.15) is 5.54 Å². The predicted octanol–water partition coefficient (Wildman–Crippen LogP) is 3.41. The number of piperazine rings is 1. The molecule has 1 fully saturated rings. The molecule has 1 aliphatic rings. The van der Waals surface area contributed by atoms with E-state index >= 15 is 0 Å². The van der Waals surface area contributed by atoms with E-state index in [-0.39, 0.29) is 5.54 Å². The molecular formula is C15H19Cl2N3. The van der Waals surface area contributed by atoms with Gasteiger partial charge >= 0.3 is 0 Å². The second-order valence-corrected chi connectivity index (χ2v) is 6.50. The van der Waals surface area contributed by atoms with E-state index in [1.807, 2.05) is 32.0 Å². The van der Waals surface area contributed by atoms with Crippen molar-refractivity contribution < 1.29 is 0 Å². The Kier molecular flexibility index (Phi) is 4.93. The van der Waals surface area contributed by atoms with Gasteiger partial charge in [-0.05, 0) is 31.5 Å². The van der Waals surface area contributed by atoms with Gasteiger partial charge in [-0.1, -0.05) is 29.3 Å². The minimum Gasteiger partial charge on any atom is -0.297 e. The van der Waals surface area contributed by atoms with Gasteiger partial charge in [-0.3, -0.25) is 9.80 Å². The van der Waals surface area contributed by atoms with Crippen molar-refractivity contribution in [3.8, 4) is 6.07 Å². The molecule has 1 aromatic carbocycles. The average molecular weight is 312 g/mol. The van der Waals surface area contributed by atoms with Crippen molar-refractivity contribution in [2.24, 2.45) is 0 Å². The Balaban J connectivity index is 1.92. The molecule has 0 N–H and O–H groups in total. The molecule has 1 heterocycles. The van der Waals surface area contributed by atoms with Gasteiger partial charge in [-0.15, -0.1) is 0 Å². The van der Waals surface area contributed by atoms with Crippen LogP contribution in [0.3, 0.4) is 0 Å². The molecule has 108 valence electrons. The summed E-state index contributed by atoms with van der Waals surface area (Å²) in [4.78, 5) is 4.61. The third-order valence-corrected chi connectivity index (χ3v) is 4.57. The molecule has 5 heteroatoms. The Morgan fingerprint density at radius 2 is 1.80 bits per heavy atom. The Labute approximate surface area is 130 Å². The summed E-state index contributed by atoms with van der Waals surface area (Å²) in [5, 5.41) is 10.4. The molecule has 0 aromatic heterocycles. The highest BCUT2D eigenvalue weighted by atomic mass is 35.5. The number of nitriles is 1. The summed E-state index contributed by atoms with van der Waals surface area (Å²) in [7, 11) is 0. The maximum atomic E-state index is 9.17. The van der Waals surface area contributed by atoms with Gasteiger partial charge in [-0.2, -0.15) is 5.26 Å². The van der Waals surface area contributed by atoms with Crippen molar-refractivity contribution in [2.45, 2.75) is 25.9 Å². The van der Waals surface area contributed by atoms with Gasteiger partial charge < -0.3 is 0 Å². The van der Waals surface area contributed by atoms with E-state index in [2.05, 4.69) is 15.9 Å². The normalized spacial score (nSPS) is 17.9. The number of rotatable bonds is 3. The van der Waals surface area contributed by atoms with Crippen molar-refractivity contribution in [1.29, 1.82) is 5.26 Å². The first-order valence-corrected chi connectivity index (χ1v) is 7.50. The Hall–Kier alpha value is -0.790. The molecule has 1 aliphatic heterocycles. The summed E-state index contributed by atoms with van der Waals surface area (Å²) in [6, 6.07) is 8.15. The second kappa shape index (κ2) is 6.32. The maximum absolute atomic E-state index is 9.17. The van der Waals surface area contributed by atoms with Crippen molar-refractivity contribution in [3.63, 3.8) is 0 Å².